The Hall–Kier alpha value is -1.93. The Labute approximate surface area is 154 Å². The van der Waals surface area contributed by atoms with Crippen LogP contribution in [0.25, 0.3) is 0 Å². The molecular formula is C18H25N3O4S. The van der Waals surface area contributed by atoms with Gasteiger partial charge in [0.05, 0.1) is 11.4 Å². The number of carbonyl (C=O) groups excluding carboxylic acids is 2. The molecule has 0 aromatic heterocycles. The Balaban J connectivity index is 1.47. The van der Waals surface area contributed by atoms with Gasteiger partial charge in [0.25, 0.3) is 0 Å². The predicted molar refractivity (Wildman–Crippen MR) is 96.7 cm³/mol. The van der Waals surface area contributed by atoms with E-state index in [1.165, 1.54) is 0 Å². The summed E-state index contributed by atoms with van der Waals surface area (Å²) in [5.41, 5.74) is 0. The second-order valence-electron chi connectivity index (χ2n) is 6.99. The van der Waals surface area contributed by atoms with Crippen molar-refractivity contribution in [3.63, 3.8) is 0 Å². The smallest absolute Gasteiger partial charge is 0.240 e. The summed E-state index contributed by atoms with van der Waals surface area (Å²) in [6.07, 6.45) is 3.12. The zero-order valence-electron chi connectivity index (χ0n) is 14.7. The number of nitrogens with one attached hydrogen (secondary N) is 2. The summed E-state index contributed by atoms with van der Waals surface area (Å²) in [5, 5.41) is 2.72. The third kappa shape index (κ3) is 4.62. The largest absolute Gasteiger partial charge is 0.353 e. The molecule has 1 saturated heterocycles. The molecule has 1 heterocycles. The fourth-order valence-electron chi connectivity index (χ4n) is 3.61. The monoisotopic (exact) mass is 379 g/mol. The summed E-state index contributed by atoms with van der Waals surface area (Å²) >= 11 is 0. The van der Waals surface area contributed by atoms with Crippen molar-refractivity contribution in [1.82, 2.24) is 14.9 Å². The predicted octanol–water partition coefficient (Wildman–Crippen LogP) is 0.730. The van der Waals surface area contributed by atoms with Gasteiger partial charge in [-0.3, -0.25) is 9.59 Å². The number of piperazine rings is 1. The van der Waals surface area contributed by atoms with Crippen LogP contribution in [-0.4, -0.2) is 51.3 Å². The summed E-state index contributed by atoms with van der Waals surface area (Å²) in [7, 11) is -3.48. The molecule has 0 radical (unpaired) electrons. The minimum atomic E-state index is -3.48. The Morgan fingerprint density at radius 1 is 1.15 bits per heavy atom. The van der Waals surface area contributed by atoms with Crippen LogP contribution in [0.1, 0.15) is 25.7 Å². The van der Waals surface area contributed by atoms with Gasteiger partial charge < -0.3 is 10.2 Å². The van der Waals surface area contributed by atoms with E-state index in [1.807, 2.05) is 0 Å². The molecule has 1 saturated carbocycles. The number of carbonyl (C=O) groups is 2. The van der Waals surface area contributed by atoms with Crippen molar-refractivity contribution in [3.05, 3.63) is 30.3 Å². The van der Waals surface area contributed by atoms with Crippen LogP contribution in [-0.2, 0) is 19.6 Å². The summed E-state index contributed by atoms with van der Waals surface area (Å²) < 4.78 is 27.2. The molecule has 142 valence electrons. The fourth-order valence-corrected chi connectivity index (χ4v) is 4.75. The van der Waals surface area contributed by atoms with Crippen LogP contribution < -0.4 is 10.0 Å². The van der Waals surface area contributed by atoms with Gasteiger partial charge in [0, 0.05) is 25.6 Å². The number of hydrogen-bond donors (Lipinski definition) is 2. The van der Waals surface area contributed by atoms with Crippen LogP contribution in [0.2, 0.25) is 0 Å². The molecule has 0 bridgehead atoms. The first-order valence-electron chi connectivity index (χ1n) is 9.06. The van der Waals surface area contributed by atoms with Crippen molar-refractivity contribution < 1.29 is 18.0 Å². The molecule has 0 unspecified atom stereocenters. The van der Waals surface area contributed by atoms with E-state index in [0.29, 0.717) is 19.6 Å². The van der Waals surface area contributed by atoms with Gasteiger partial charge in [-0.15, -0.1) is 0 Å². The molecule has 1 aromatic carbocycles. The lowest BCUT2D eigenvalue weighted by atomic mass is 9.81. The second kappa shape index (κ2) is 8.18. The fraction of sp³-hybridized carbons (Fsp3) is 0.556. The quantitative estimate of drug-likeness (QED) is 0.788. The van der Waals surface area contributed by atoms with E-state index < -0.39 is 10.0 Å². The lowest BCUT2D eigenvalue weighted by molar-refractivity contribution is -0.142. The Bertz CT molecular complexity index is 743. The van der Waals surface area contributed by atoms with Crippen LogP contribution in [0.4, 0.5) is 0 Å². The van der Waals surface area contributed by atoms with Crippen molar-refractivity contribution in [1.29, 1.82) is 0 Å². The molecule has 1 aliphatic carbocycles. The first-order chi connectivity index (χ1) is 12.5. The molecular weight excluding hydrogens is 354 g/mol. The SMILES string of the molecule is O=C1CN(C(=O)C2CCC(CNS(=O)(=O)c3ccccc3)CC2)CCN1. The van der Waals surface area contributed by atoms with Crippen LogP contribution in [0.5, 0.6) is 0 Å². The number of amides is 2. The molecule has 1 aliphatic heterocycles. The molecule has 8 heteroatoms. The topological polar surface area (TPSA) is 95.6 Å². The molecule has 0 spiro atoms. The van der Waals surface area contributed by atoms with E-state index in [2.05, 4.69) is 10.0 Å². The van der Waals surface area contributed by atoms with Gasteiger partial charge >= 0.3 is 0 Å². The van der Waals surface area contributed by atoms with E-state index >= 15 is 0 Å². The summed E-state index contributed by atoms with van der Waals surface area (Å²) in [4.78, 5) is 25.9. The van der Waals surface area contributed by atoms with Crippen LogP contribution in [0.3, 0.4) is 0 Å². The van der Waals surface area contributed by atoms with Crippen LogP contribution >= 0.6 is 0 Å². The van der Waals surface area contributed by atoms with E-state index in [-0.39, 0.29) is 35.1 Å². The van der Waals surface area contributed by atoms with Gasteiger partial charge in [0.2, 0.25) is 21.8 Å². The first kappa shape index (κ1) is 18.8. The normalized spacial score (nSPS) is 24.2. The molecule has 1 aromatic rings. The van der Waals surface area contributed by atoms with E-state index in [1.54, 1.807) is 35.2 Å². The molecule has 3 rings (SSSR count). The zero-order chi connectivity index (χ0) is 18.6. The molecule has 2 fully saturated rings. The summed E-state index contributed by atoms with van der Waals surface area (Å²) in [6, 6.07) is 8.33. The molecule has 2 N–H and O–H groups in total. The number of rotatable bonds is 5. The van der Waals surface area contributed by atoms with Gasteiger partial charge in [0.15, 0.2) is 0 Å². The van der Waals surface area contributed by atoms with Crippen LogP contribution in [0, 0.1) is 11.8 Å². The maximum atomic E-state index is 12.5. The van der Waals surface area contributed by atoms with Crippen molar-refractivity contribution in [2.24, 2.45) is 11.8 Å². The Kier molecular flexibility index (Phi) is 5.93. The first-order valence-corrected chi connectivity index (χ1v) is 10.5. The molecule has 0 atom stereocenters. The average molecular weight is 379 g/mol. The minimum Gasteiger partial charge on any atom is -0.353 e. The lowest BCUT2D eigenvalue weighted by Crippen LogP contribution is -2.52. The van der Waals surface area contributed by atoms with Gasteiger partial charge in [-0.25, -0.2) is 13.1 Å². The Morgan fingerprint density at radius 3 is 2.50 bits per heavy atom. The van der Waals surface area contributed by atoms with Gasteiger partial charge in [-0.05, 0) is 43.7 Å². The second-order valence-corrected chi connectivity index (χ2v) is 8.76. The highest BCUT2D eigenvalue weighted by atomic mass is 32.2. The number of benzene rings is 1. The summed E-state index contributed by atoms with van der Waals surface area (Å²) in [6.45, 7) is 1.63. The van der Waals surface area contributed by atoms with Crippen LogP contribution in [0.15, 0.2) is 35.2 Å². The maximum Gasteiger partial charge on any atom is 0.240 e. The van der Waals surface area contributed by atoms with Crippen molar-refractivity contribution in [2.45, 2.75) is 30.6 Å². The molecule has 2 amide bonds. The highest BCUT2D eigenvalue weighted by Gasteiger charge is 2.31. The van der Waals surface area contributed by atoms with Gasteiger partial charge in [-0.1, -0.05) is 18.2 Å². The average Bonchev–Trinajstić information content (AvgIpc) is 2.67. The van der Waals surface area contributed by atoms with Gasteiger partial charge in [-0.2, -0.15) is 0 Å². The molecule has 26 heavy (non-hydrogen) atoms. The molecule has 2 aliphatic rings. The Morgan fingerprint density at radius 2 is 1.85 bits per heavy atom. The summed E-state index contributed by atoms with van der Waals surface area (Å²) in [5.74, 6) is 0.141. The standard InChI is InChI=1S/C18H25N3O4S/c22-17-13-21(11-10-19-17)18(23)15-8-6-14(7-9-15)12-20-26(24,25)16-4-2-1-3-5-16/h1-5,14-15,20H,6-13H2,(H,19,22). The number of hydrogen-bond acceptors (Lipinski definition) is 4. The number of nitrogens with zero attached hydrogens (tertiary/aromatic N) is 1. The third-order valence-corrected chi connectivity index (χ3v) is 6.60. The third-order valence-electron chi connectivity index (χ3n) is 5.16. The highest BCUT2D eigenvalue weighted by molar-refractivity contribution is 7.89. The lowest BCUT2D eigenvalue weighted by Gasteiger charge is -2.33. The van der Waals surface area contributed by atoms with Crippen molar-refractivity contribution in [3.8, 4) is 0 Å². The highest BCUT2D eigenvalue weighted by Crippen LogP contribution is 2.30. The van der Waals surface area contributed by atoms with E-state index in [4.69, 9.17) is 0 Å². The van der Waals surface area contributed by atoms with E-state index in [9.17, 15) is 18.0 Å². The zero-order valence-corrected chi connectivity index (χ0v) is 15.5. The minimum absolute atomic E-state index is 0.0529. The molecule has 7 nitrogen and oxygen atoms in total. The van der Waals surface area contributed by atoms with Gasteiger partial charge in [0.1, 0.15) is 0 Å². The van der Waals surface area contributed by atoms with Crippen molar-refractivity contribution >= 4 is 21.8 Å². The van der Waals surface area contributed by atoms with Crippen molar-refractivity contribution in [2.75, 3.05) is 26.2 Å². The number of sulfonamides is 1. The maximum absolute atomic E-state index is 12.5. The van der Waals surface area contributed by atoms with E-state index in [0.717, 1.165) is 25.7 Å².